The van der Waals surface area contributed by atoms with E-state index in [2.05, 4.69) is 43.1 Å². The molecule has 0 bridgehead atoms. The highest BCUT2D eigenvalue weighted by Gasteiger charge is 2.50. The molecule has 122 valence electrons. The Morgan fingerprint density at radius 3 is 2.52 bits per heavy atom. The molecule has 1 saturated carbocycles. The fourth-order valence-electron chi connectivity index (χ4n) is 3.79. The summed E-state index contributed by atoms with van der Waals surface area (Å²) in [5.74, 6) is 0.214. The van der Waals surface area contributed by atoms with E-state index in [0.29, 0.717) is 12.0 Å². The SMILES string of the molecule is CC(C)NC(CN(C)CC1CCCN1C)(C(N)=O)C1CC1. The molecular formula is C16H32N4O. The third-order valence-electron chi connectivity index (χ3n) is 4.97. The predicted octanol–water partition coefficient (Wildman–Crippen LogP) is 0.645. The Kier molecular flexibility index (Phi) is 5.28. The van der Waals surface area contributed by atoms with Crippen LogP contribution in [0.2, 0.25) is 0 Å². The number of nitrogens with zero attached hydrogens (tertiary/aromatic N) is 2. The smallest absolute Gasteiger partial charge is 0.239 e. The number of likely N-dealkylation sites (tertiary alicyclic amines) is 1. The van der Waals surface area contributed by atoms with E-state index >= 15 is 0 Å². The predicted molar refractivity (Wildman–Crippen MR) is 86.1 cm³/mol. The van der Waals surface area contributed by atoms with Crippen molar-refractivity contribution in [3.8, 4) is 0 Å². The second kappa shape index (κ2) is 6.63. The Hall–Kier alpha value is -0.650. The van der Waals surface area contributed by atoms with Gasteiger partial charge in [0.15, 0.2) is 0 Å². The number of carbonyl (C=O) groups is 1. The number of hydrogen-bond acceptors (Lipinski definition) is 4. The number of amides is 1. The van der Waals surface area contributed by atoms with Gasteiger partial charge in [-0.05, 0) is 66.1 Å². The third kappa shape index (κ3) is 3.96. The molecule has 2 aliphatic rings. The normalized spacial score (nSPS) is 26.5. The summed E-state index contributed by atoms with van der Waals surface area (Å²) in [7, 11) is 4.31. The number of nitrogens with one attached hydrogen (secondary N) is 1. The van der Waals surface area contributed by atoms with Crippen molar-refractivity contribution in [1.29, 1.82) is 0 Å². The van der Waals surface area contributed by atoms with E-state index in [1.165, 1.54) is 19.4 Å². The molecule has 0 radical (unpaired) electrons. The number of likely N-dealkylation sites (N-methyl/N-ethyl adjacent to an activating group) is 2. The van der Waals surface area contributed by atoms with E-state index in [0.717, 1.165) is 25.9 Å². The first-order valence-electron chi connectivity index (χ1n) is 8.31. The second-order valence-corrected chi connectivity index (χ2v) is 7.38. The van der Waals surface area contributed by atoms with Crippen molar-refractivity contribution in [3.63, 3.8) is 0 Å². The van der Waals surface area contributed by atoms with Crippen molar-refractivity contribution in [2.24, 2.45) is 11.7 Å². The quantitative estimate of drug-likeness (QED) is 0.690. The second-order valence-electron chi connectivity index (χ2n) is 7.38. The summed E-state index contributed by atoms with van der Waals surface area (Å²) in [5.41, 5.74) is 5.25. The van der Waals surface area contributed by atoms with Crippen LogP contribution in [0.5, 0.6) is 0 Å². The van der Waals surface area contributed by atoms with Gasteiger partial charge < -0.3 is 15.5 Å². The highest BCUT2D eigenvalue weighted by atomic mass is 16.1. The van der Waals surface area contributed by atoms with Gasteiger partial charge in [0.2, 0.25) is 5.91 Å². The van der Waals surface area contributed by atoms with Gasteiger partial charge in [0.05, 0.1) is 0 Å². The van der Waals surface area contributed by atoms with Crippen LogP contribution in [0, 0.1) is 5.92 Å². The molecule has 0 aromatic heterocycles. The van der Waals surface area contributed by atoms with Gasteiger partial charge in [-0.1, -0.05) is 0 Å². The summed E-state index contributed by atoms with van der Waals surface area (Å²) in [5, 5.41) is 3.49. The molecule has 0 aromatic rings. The molecular weight excluding hydrogens is 264 g/mol. The standard InChI is InChI=1S/C16H32N4O/c1-12(2)18-16(15(17)21,13-7-8-13)11-19(3)10-14-6-5-9-20(14)4/h12-14,18H,5-11H2,1-4H3,(H2,17,21). The van der Waals surface area contributed by atoms with Gasteiger partial charge in [-0.2, -0.15) is 0 Å². The molecule has 1 aliphatic carbocycles. The molecule has 2 unspecified atom stereocenters. The van der Waals surface area contributed by atoms with Gasteiger partial charge in [-0.3, -0.25) is 10.1 Å². The molecule has 5 heteroatoms. The first-order chi connectivity index (χ1) is 9.85. The molecule has 1 aliphatic heterocycles. The first kappa shape index (κ1) is 16.7. The molecule has 0 spiro atoms. The number of primary amides is 1. The van der Waals surface area contributed by atoms with Crippen LogP contribution < -0.4 is 11.1 Å². The van der Waals surface area contributed by atoms with Crippen LogP contribution in [-0.2, 0) is 4.79 Å². The lowest BCUT2D eigenvalue weighted by atomic mass is 9.90. The molecule has 0 aromatic carbocycles. The fourth-order valence-corrected chi connectivity index (χ4v) is 3.79. The van der Waals surface area contributed by atoms with Crippen LogP contribution in [0.1, 0.15) is 39.5 Å². The average molecular weight is 296 g/mol. The minimum absolute atomic E-state index is 0.190. The topological polar surface area (TPSA) is 61.6 Å². The zero-order chi connectivity index (χ0) is 15.6. The number of rotatable bonds is 8. The van der Waals surface area contributed by atoms with Crippen LogP contribution in [-0.4, -0.2) is 67.1 Å². The van der Waals surface area contributed by atoms with Gasteiger partial charge in [0.1, 0.15) is 5.54 Å². The van der Waals surface area contributed by atoms with Crippen molar-refractivity contribution in [2.45, 2.75) is 57.2 Å². The molecule has 5 nitrogen and oxygen atoms in total. The highest BCUT2D eigenvalue weighted by molar-refractivity contribution is 5.86. The summed E-state index contributed by atoms with van der Waals surface area (Å²) in [6, 6.07) is 0.875. The number of nitrogens with two attached hydrogens (primary N) is 1. The lowest BCUT2D eigenvalue weighted by Crippen LogP contribution is -2.65. The first-order valence-corrected chi connectivity index (χ1v) is 8.31. The minimum atomic E-state index is -0.555. The fraction of sp³-hybridized carbons (Fsp3) is 0.938. The van der Waals surface area contributed by atoms with Gasteiger partial charge >= 0.3 is 0 Å². The van der Waals surface area contributed by atoms with Crippen LogP contribution in [0.4, 0.5) is 0 Å². The number of hydrogen-bond donors (Lipinski definition) is 2. The Morgan fingerprint density at radius 2 is 2.10 bits per heavy atom. The zero-order valence-corrected chi connectivity index (χ0v) is 14.1. The Morgan fingerprint density at radius 1 is 1.43 bits per heavy atom. The molecule has 1 saturated heterocycles. The van der Waals surface area contributed by atoms with E-state index in [1.54, 1.807) is 0 Å². The maximum absolute atomic E-state index is 12.2. The Labute approximate surface area is 129 Å². The van der Waals surface area contributed by atoms with Gasteiger partial charge in [-0.15, -0.1) is 0 Å². The Balaban J connectivity index is 2.01. The minimum Gasteiger partial charge on any atom is -0.368 e. The van der Waals surface area contributed by atoms with E-state index in [4.69, 9.17) is 5.73 Å². The van der Waals surface area contributed by atoms with Crippen molar-refractivity contribution in [3.05, 3.63) is 0 Å². The van der Waals surface area contributed by atoms with Crippen LogP contribution >= 0.6 is 0 Å². The number of carbonyl (C=O) groups excluding carboxylic acids is 1. The lowest BCUT2D eigenvalue weighted by Gasteiger charge is -2.38. The summed E-state index contributed by atoms with van der Waals surface area (Å²) in [4.78, 5) is 16.9. The van der Waals surface area contributed by atoms with Gasteiger partial charge in [0, 0.05) is 25.2 Å². The largest absolute Gasteiger partial charge is 0.368 e. The third-order valence-corrected chi connectivity index (χ3v) is 4.97. The van der Waals surface area contributed by atoms with Crippen molar-refractivity contribution >= 4 is 5.91 Å². The van der Waals surface area contributed by atoms with E-state index in [-0.39, 0.29) is 11.9 Å². The van der Waals surface area contributed by atoms with E-state index in [1.807, 2.05) is 0 Å². The van der Waals surface area contributed by atoms with E-state index < -0.39 is 5.54 Å². The molecule has 3 N–H and O–H groups in total. The van der Waals surface area contributed by atoms with Crippen LogP contribution in [0.25, 0.3) is 0 Å². The lowest BCUT2D eigenvalue weighted by molar-refractivity contribution is -0.126. The monoisotopic (exact) mass is 296 g/mol. The van der Waals surface area contributed by atoms with Gasteiger partial charge in [0.25, 0.3) is 0 Å². The summed E-state index contributed by atoms with van der Waals surface area (Å²) in [6.07, 6.45) is 4.76. The van der Waals surface area contributed by atoms with Crippen molar-refractivity contribution < 1.29 is 4.79 Å². The summed E-state index contributed by atoms with van der Waals surface area (Å²) >= 11 is 0. The van der Waals surface area contributed by atoms with Gasteiger partial charge in [-0.25, -0.2) is 0 Å². The van der Waals surface area contributed by atoms with Crippen molar-refractivity contribution in [1.82, 2.24) is 15.1 Å². The molecule has 2 rings (SSSR count). The molecule has 2 atom stereocenters. The zero-order valence-electron chi connectivity index (χ0n) is 14.1. The molecule has 2 fully saturated rings. The molecule has 1 heterocycles. The maximum atomic E-state index is 12.2. The van der Waals surface area contributed by atoms with Crippen molar-refractivity contribution in [2.75, 3.05) is 33.7 Å². The summed E-state index contributed by atoms with van der Waals surface area (Å²) in [6.45, 7) is 7.09. The van der Waals surface area contributed by atoms with Crippen LogP contribution in [0.15, 0.2) is 0 Å². The average Bonchev–Trinajstić information content (AvgIpc) is 3.14. The molecule has 21 heavy (non-hydrogen) atoms. The molecule has 1 amide bonds. The van der Waals surface area contributed by atoms with E-state index in [9.17, 15) is 4.79 Å². The van der Waals surface area contributed by atoms with Crippen LogP contribution in [0.3, 0.4) is 0 Å². The maximum Gasteiger partial charge on any atom is 0.239 e. The summed E-state index contributed by atoms with van der Waals surface area (Å²) < 4.78 is 0. The highest BCUT2D eigenvalue weighted by Crippen LogP contribution is 2.40. The Bertz CT molecular complexity index is 369.